The third-order valence-electron chi connectivity index (χ3n) is 2.03. The molecule has 0 saturated carbocycles. The van der Waals surface area contributed by atoms with Crippen LogP contribution in [-0.4, -0.2) is 9.97 Å². The summed E-state index contributed by atoms with van der Waals surface area (Å²) in [7, 11) is 0. The van der Waals surface area contributed by atoms with Crippen molar-refractivity contribution in [2.24, 2.45) is 0 Å². The van der Waals surface area contributed by atoms with E-state index in [0.717, 1.165) is 13.5 Å². The van der Waals surface area contributed by atoms with Gasteiger partial charge in [-0.05, 0) is 51.2 Å². The van der Waals surface area contributed by atoms with Gasteiger partial charge in [-0.3, -0.25) is 0 Å². The van der Waals surface area contributed by atoms with Gasteiger partial charge in [0.05, 0.1) is 0 Å². The molecule has 1 aromatic carbocycles. The summed E-state index contributed by atoms with van der Waals surface area (Å²) in [6.07, 6.45) is 0. The molecule has 2 nitrogen and oxygen atoms in total. The van der Waals surface area contributed by atoms with Crippen LogP contribution >= 0.6 is 56.9 Å². The minimum atomic E-state index is -0.828. The quantitative estimate of drug-likeness (QED) is 0.279. The van der Waals surface area contributed by atoms with Crippen molar-refractivity contribution in [2.45, 2.75) is 10.9 Å². The Hall–Kier alpha value is -0.0300. The molecule has 18 heavy (non-hydrogen) atoms. The van der Waals surface area contributed by atoms with E-state index in [1.54, 1.807) is 6.07 Å². The van der Waals surface area contributed by atoms with Gasteiger partial charge in [0, 0.05) is 17.4 Å². The van der Waals surface area contributed by atoms with Gasteiger partial charge in [0.2, 0.25) is 0 Å². The monoisotopic (exact) mass is 490 g/mol. The number of thioether (sulfide) groups is 1. The van der Waals surface area contributed by atoms with Gasteiger partial charge in [-0.25, -0.2) is 18.7 Å². The second-order valence-corrected chi connectivity index (χ2v) is 6.45. The minimum absolute atomic E-state index is 0.305. The van der Waals surface area contributed by atoms with E-state index in [1.807, 2.05) is 6.07 Å². The van der Waals surface area contributed by atoms with Crippen molar-refractivity contribution in [3.63, 3.8) is 0 Å². The molecule has 0 aliphatic carbocycles. The van der Waals surface area contributed by atoms with Crippen molar-refractivity contribution in [3.8, 4) is 0 Å². The third kappa shape index (κ3) is 3.73. The number of aromatic nitrogens is 2. The first-order valence-electron chi connectivity index (χ1n) is 4.82. The van der Waals surface area contributed by atoms with Crippen LogP contribution < -0.4 is 0 Å². The molecule has 0 unspecified atom stereocenters. The number of hydrogen-bond acceptors (Lipinski definition) is 3. The summed E-state index contributed by atoms with van der Waals surface area (Å²) in [5.41, 5.74) is 0.317. The van der Waals surface area contributed by atoms with Gasteiger partial charge in [-0.2, -0.15) is 0 Å². The summed E-state index contributed by atoms with van der Waals surface area (Å²) in [6.45, 7) is 0. The maximum atomic E-state index is 13.4. The number of rotatable bonds is 3. The van der Waals surface area contributed by atoms with E-state index in [9.17, 15) is 8.78 Å². The van der Waals surface area contributed by atoms with Crippen LogP contribution in [0.3, 0.4) is 0 Å². The van der Waals surface area contributed by atoms with Crippen molar-refractivity contribution in [2.75, 3.05) is 0 Å². The average Bonchev–Trinajstić information content (AvgIpc) is 2.30. The molecule has 0 atom stereocenters. The maximum Gasteiger partial charge on any atom is 0.189 e. The molecule has 1 heterocycles. The van der Waals surface area contributed by atoms with E-state index < -0.39 is 11.6 Å². The Labute approximate surface area is 134 Å². The Morgan fingerprint density at radius 1 is 1.11 bits per heavy atom. The summed E-state index contributed by atoms with van der Waals surface area (Å²) >= 11 is 5.47. The van der Waals surface area contributed by atoms with Crippen LogP contribution in [-0.2, 0) is 5.75 Å². The van der Waals surface area contributed by atoms with Crippen LogP contribution in [0.4, 0.5) is 8.78 Å². The Morgan fingerprint density at radius 3 is 2.44 bits per heavy atom. The topological polar surface area (TPSA) is 25.8 Å². The van der Waals surface area contributed by atoms with Crippen LogP contribution in [0.15, 0.2) is 29.4 Å². The van der Waals surface area contributed by atoms with Crippen LogP contribution in [0.5, 0.6) is 0 Å². The predicted molar refractivity (Wildman–Crippen MR) is 83.4 cm³/mol. The lowest BCUT2D eigenvalue weighted by Crippen LogP contribution is -1.95. The highest BCUT2D eigenvalue weighted by molar-refractivity contribution is 14.1. The second-order valence-electron chi connectivity index (χ2n) is 3.30. The number of nitrogens with zero attached hydrogens (tertiary/aromatic N) is 2. The van der Waals surface area contributed by atoms with Gasteiger partial charge >= 0.3 is 0 Å². The van der Waals surface area contributed by atoms with Gasteiger partial charge < -0.3 is 0 Å². The number of benzene rings is 1. The summed E-state index contributed by atoms with van der Waals surface area (Å²) < 4.78 is 28.1. The minimum Gasteiger partial charge on any atom is -0.216 e. The molecule has 1 aromatic heterocycles. The average molecular weight is 490 g/mol. The molecule has 2 aromatic rings. The second kappa shape index (κ2) is 6.42. The summed E-state index contributed by atoms with van der Waals surface area (Å²) in [5, 5.41) is 0.565. The lowest BCUT2D eigenvalue weighted by molar-refractivity contribution is 0.502. The zero-order chi connectivity index (χ0) is 13.1. The number of hydrogen-bond donors (Lipinski definition) is 0. The zero-order valence-electron chi connectivity index (χ0n) is 8.83. The maximum absolute atomic E-state index is 13.4. The fourth-order valence-electron chi connectivity index (χ4n) is 1.24. The van der Waals surface area contributed by atoms with Crippen LogP contribution in [0, 0.1) is 19.0 Å². The van der Waals surface area contributed by atoms with Gasteiger partial charge in [0.1, 0.15) is 7.40 Å². The molecule has 0 spiro atoms. The highest BCUT2D eigenvalue weighted by Gasteiger charge is 2.09. The van der Waals surface area contributed by atoms with Crippen molar-refractivity contribution < 1.29 is 8.78 Å². The standard InChI is InChI=1S/C11H6F2I2N2S/c12-7-3-1-2-6(10(7)13)5-18-11-16-8(14)4-9(15)17-11/h1-4H,5H2. The summed E-state index contributed by atoms with van der Waals surface area (Å²) in [5.74, 6) is -1.32. The van der Waals surface area contributed by atoms with Crippen LogP contribution in [0.25, 0.3) is 0 Å². The predicted octanol–water partition coefficient (Wildman–Crippen LogP) is 4.26. The fraction of sp³-hybridized carbons (Fsp3) is 0.0909. The SMILES string of the molecule is Fc1cccc(CSc2nc(I)cc(I)n2)c1F. The Morgan fingerprint density at radius 2 is 1.78 bits per heavy atom. The lowest BCUT2D eigenvalue weighted by atomic mass is 10.2. The van der Waals surface area contributed by atoms with E-state index in [1.165, 1.54) is 17.8 Å². The van der Waals surface area contributed by atoms with E-state index >= 15 is 0 Å². The Balaban J connectivity index is 2.14. The van der Waals surface area contributed by atoms with Gasteiger partial charge in [-0.1, -0.05) is 23.9 Å². The van der Waals surface area contributed by atoms with Crippen molar-refractivity contribution in [1.82, 2.24) is 9.97 Å². The van der Waals surface area contributed by atoms with Crippen LogP contribution in [0.2, 0.25) is 0 Å². The van der Waals surface area contributed by atoms with E-state index in [2.05, 4.69) is 55.1 Å². The van der Waals surface area contributed by atoms with Crippen molar-refractivity contribution in [1.29, 1.82) is 0 Å². The fourth-order valence-corrected chi connectivity index (χ4v) is 4.04. The normalized spacial score (nSPS) is 10.7. The largest absolute Gasteiger partial charge is 0.216 e. The highest BCUT2D eigenvalue weighted by atomic mass is 127. The molecule has 0 aliphatic rings. The molecular weight excluding hydrogens is 484 g/mol. The number of halogens is 4. The van der Waals surface area contributed by atoms with Gasteiger partial charge in [0.25, 0.3) is 0 Å². The highest BCUT2D eigenvalue weighted by Crippen LogP contribution is 2.23. The Bertz CT molecular complexity index is 561. The molecule has 0 fully saturated rings. The van der Waals surface area contributed by atoms with Crippen LogP contribution in [0.1, 0.15) is 5.56 Å². The molecule has 0 saturated heterocycles. The summed E-state index contributed by atoms with van der Waals surface area (Å²) in [6, 6.07) is 6.00. The molecule has 0 amide bonds. The third-order valence-corrected chi connectivity index (χ3v) is 4.03. The van der Waals surface area contributed by atoms with Gasteiger partial charge in [0.15, 0.2) is 16.8 Å². The first-order valence-corrected chi connectivity index (χ1v) is 7.96. The molecule has 0 bridgehead atoms. The first kappa shape index (κ1) is 14.4. The van der Waals surface area contributed by atoms with E-state index in [4.69, 9.17) is 0 Å². The lowest BCUT2D eigenvalue weighted by Gasteiger charge is -2.04. The first-order chi connectivity index (χ1) is 8.56. The molecule has 7 heteroatoms. The van der Waals surface area contributed by atoms with E-state index in [-0.39, 0.29) is 0 Å². The van der Waals surface area contributed by atoms with Gasteiger partial charge in [-0.15, -0.1) is 0 Å². The van der Waals surface area contributed by atoms with Crippen molar-refractivity contribution >= 4 is 56.9 Å². The molecular formula is C11H6F2I2N2S. The zero-order valence-corrected chi connectivity index (χ0v) is 14.0. The molecule has 2 rings (SSSR count). The molecule has 0 aliphatic heterocycles. The molecule has 94 valence electrons. The Kier molecular flexibility index (Phi) is 5.13. The molecule has 0 N–H and O–H groups in total. The van der Waals surface area contributed by atoms with Crippen molar-refractivity contribution in [3.05, 3.63) is 48.9 Å². The smallest absolute Gasteiger partial charge is 0.189 e. The molecule has 0 radical (unpaired) electrons. The summed E-state index contributed by atoms with van der Waals surface area (Å²) in [4.78, 5) is 8.44. The van der Waals surface area contributed by atoms with E-state index in [0.29, 0.717) is 16.5 Å².